The van der Waals surface area contributed by atoms with Crippen molar-refractivity contribution >= 4 is 12.1 Å². The van der Waals surface area contributed by atoms with Crippen molar-refractivity contribution in [2.75, 3.05) is 19.8 Å². The van der Waals surface area contributed by atoms with Gasteiger partial charge in [-0.25, -0.2) is 9.59 Å². The van der Waals surface area contributed by atoms with E-state index in [4.69, 9.17) is 9.47 Å². The predicted molar refractivity (Wildman–Crippen MR) is 117 cm³/mol. The molecule has 0 radical (unpaired) electrons. The Morgan fingerprint density at radius 2 is 1.94 bits per heavy atom. The number of esters is 1. The Morgan fingerprint density at radius 1 is 1.19 bits per heavy atom. The van der Waals surface area contributed by atoms with E-state index in [9.17, 15) is 14.7 Å². The fourth-order valence-corrected chi connectivity index (χ4v) is 3.94. The molecular formula is C24H30N2O5. The molecule has 166 valence electrons. The Bertz CT molecular complexity index is 880. The van der Waals surface area contributed by atoms with Crippen molar-refractivity contribution in [2.24, 2.45) is 11.8 Å². The second-order valence-corrected chi connectivity index (χ2v) is 8.17. The smallest absolute Gasteiger partial charge is 0.407 e. The van der Waals surface area contributed by atoms with Crippen LogP contribution < -0.4 is 4.74 Å². The Morgan fingerprint density at radius 3 is 2.52 bits per heavy atom. The van der Waals surface area contributed by atoms with Crippen LogP contribution in [0.15, 0.2) is 42.6 Å². The molecule has 0 bridgehead atoms. The Kier molecular flexibility index (Phi) is 7.50. The highest BCUT2D eigenvalue weighted by molar-refractivity contribution is 5.90. The Balaban J connectivity index is 1.56. The zero-order chi connectivity index (χ0) is 22.4. The van der Waals surface area contributed by atoms with E-state index >= 15 is 0 Å². The second-order valence-electron chi connectivity index (χ2n) is 8.17. The van der Waals surface area contributed by atoms with Crippen LogP contribution in [0.4, 0.5) is 4.79 Å². The number of hydrogen-bond acceptors (Lipinski definition) is 5. The average Bonchev–Trinajstić information content (AvgIpc) is 2.78. The van der Waals surface area contributed by atoms with Gasteiger partial charge in [-0.2, -0.15) is 0 Å². The summed E-state index contributed by atoms with van der Waals surface area (Å²) >= 11 is 0. The van der Waals surface area contributed by atoms with Gasteiger partial charge in [-0.05, 0) is 55.9 Å². The van der Waals surface area contributed by atoms with Crippen molar-refractivity contribution in [3.8, 4) is 17.0 Å². The van der Waals surface area contributed by atoms with Gasteiger partial charge >= 0.3 is 12.1 Å². The summed E-state index contributed by atoms with van der Waals surface area (Å²) < 4.78 is 10.9. The lowest BCUT2D eigenvalue weighted by molar-refractivity contribution is 0.0525. The predicted octanol–water partition coefficient (Wildman–Crippen LogP) is 4.72. The van der Waals surface area contributed by atoms with Gasteiger partial charge in [0.05, 0.1) is 30.7 Å². The number of likely N-dealkylation sites (tertiary alicyclic amines) is 1. The highest BCUT2D eigenvalue weighted by atomic mass is 16.5. The van der Waals surface area contributed by atoms with Crippen LogP contribution in [0.25, 0.3) is 11.3 Å². The molecule has 2 unspecified atom stereocenters. The number of carboxylic acid groups (broad SMARTS) is 1. The first-order chi connectivity index (χ1) is 14.9. The molecule has 0 aliphatic carbocycles. The van der Waals surface area contributed by atoms with Crippen molar-refractivity contribution in [3.05, 3.63) is 48.2 Å². The minimum Gasteiger partial charge on any atom is -0.492 e. The first kappa shape index (κ1) is 22.6. The number of rotatable bonds is 7. The molecule has 0 spiro atoms. The Labute approximate surface area is 183 Å². The molecule has 1 aromatic carbocycles. The summed E-state index contributed by atoms with van der Waals surface area (Å²) in [6.07, 6.45) is 2.46. The van der Waals surface area contributed by atoms with E-state index < -0.39 is 6.09 Å². The minimum absolute atomic E-state index is 0.0259. The summed E-state index contributed by atoms with van der Waals surface area (Å²) in [7, 11) is 0. The molecule has 7 heteroatoms. The van der Waals surface area contributed by atoms with E-state index in [1.807, 2.05) is 24.3 Å². The number of benzene rings is 1. The molecule has 0 saturated carbocycles. The lowest BCUT2D eigenvalue weighted by Gasteiger charge is -2.39. The van der Waals surface area contributed by atoms with Crippen molar-refractivity contribution in [1.29, 1.82) is 0 Å². The highest BCUT2D eigenvalue weighted by Crippen LogP contribution is 2.28. The van der Waals surface area contributed by atoms with Crippen molar-refractivity contribution in [1.82, 2.24) is 9.88 Å². The first-order valence-corrected chi connectivity index (χ1v) is 10.7. The van der Waals surface area contributed by atoms with Gasteiger partial charge < -0.3 is 19.5 Å². The minimum atomic E-state index is -0.840. The van der Waals surface area contributed by atoms with Gasteiger partial charge in [0.25, 0.3) is 0 Å². The van der Waals surface area contributed by atoms with Crippen LogP contribution in [0.1, 0.15) is 44.0 Å². The fraction of sp³-hybridized carbons (Fsp3) is 0.458. The summed E-state index contributed by atoms with van der Waals surface area (Å²) in [5.74, 6) is 0.946. The molecule has 7 nitrogen and oxygen atoms in total. The second kappa shape index (κ2) is 10.3. The van der Waals surface area contributed by atoms with Crippen LogP contribution in [0.3, 0.4) is 0 Å². The number of ether oxygens (including phenoxy) is 2. The molecule has 1 amide bonds. The summed E-state index contributed by atoms with van der Waals surface area (Å²) in [5.41, 5.74) is 2.21. The van der Waals surface area contributed by atoms with Gasteiger partial charge in [0.15, 0.2) is 0 Å². The molecular weight excluding hydrogens is 396 g/mol. The number of piperidine rings is 1. The van der Waals surface area contributed by atoms with Gasteiger partial charge in [0.2, 0.25) is 0 Å². The number of nitrogens with zero attached hydrogens (tertiary/aromatic N) is 2. The number of pyridine rings is 1. The topological polar surface area (TPSA) is 89.0 Å². The maximum Gasteiger partial charge on any atom is 0.407 e. The third kappa shape index (κ3) is 5.75. The molecule has 3 rings (SSSR count). The molecule has 2 heterocycles. The van der Waals surface area contributed by atoms with Crippen LogP contribution >= 0.6 is 0 Å². The SMILES string of the molecule is CCOC(=O)c1ccc(-c2ccc(OCC3CCN(C(=O)O)C(C(C)C)C3)cn2)cc1. The van der Waals surface area contributed by atoms with Gasteiger partial charge in [-0.3, -0.25) is 4.98 Å². The van der Waals surface area contributed by atoms with E-state index in [-0.39, 0.29) is 17.9 Å². The summed E-state index contributed by atoms with van der Waals surface area (Å²) in [4.78, 5) is 29.2. The average molecular weight is 427 g/mol. The maximum absolute atomic E-state index is 11.8. The molecule has 1 aromatic heterocycles. The highest BCUT2D eigenvalue weighted by Gasteiger charge is 2.33. The quantitative estimate of drug-likeness (QED) is 0.645. The normalized spacial score (nSPS) is 18.6. The fourth-order valence-electron chi connectivity index (χ4n) is 3.94. The molecule has 2 aromatic rings. The van der Waals surface area contributed by atoms with Crippen LogP contribution in [0.5, 0.6) is 5.75 Å². The van der Waals surface area contributed by atoms with Crippen LogP contribution in [0.2, 0.25) is 0 Å². The maximum atomic E-state index is 11.8. The van der Waals surface area contributed by atoms with Crippen LogP contribution in [-0.4, -0.2) is 52.9 Å². The monoisotopic (exact) mass is 426 g/mol. The van der Waals surface area contributed by atoms with Gasteiger partial charge in [0, 0.05) is 18.2 Å². The third-order valence-electron chi connectivity index (χ3n) is 5.68. The van der Waals surface area contributed by atoms with Gasteiger partial charge in [0.1, 0.15) is 5.75 Å². The van der Waals surface area contributed by atoms with Crippen LogP contribution in [0, 0.1) is 11.8 Å². The van der Waals surface area contributed by atoms with Gasteiger partial charge in [-0.15, -0.1) is 0 Å². The van der Waals surface area contributed by atoms with E-state index in [0.717, 1.165) is 24.1 Å². The largest absolute Gasteiger partial charge is 0.492 e. The molecule has 2 atom stereocenters. The van der Waals surface area contributed by atoms with Gasteiger partial charge in [-0.1, -0.05) is 26.0 Å². The number of carbonyl (C=O) groups is 2. The summed E-state index contributed by atoms with van der Waals surface area (Å²) in [6, 6.07) is 10.9. The zero-order valence-electron chi connectivity index (χ0n) is 18.3. The molecule has 1 aliphatic rings. The molecule has 31 heavy (non-hydrogen) atoms. The number of amides is 1. The number of hydrogen-bond donors (Lipinski definition) is 1. The molecule has 1 fully saturated rings. The third-order valence-corrected chi connectivity index (χ3v) is 5.68. The molecule has 1 N–H and O–H groups in total. The van der Waals surface area contributed by atoms with E-state index in [1.54, 1.807) is 30.2 Å². The standard InChI is InChI=1S/C24H30N2O5/c1-4-30-23(27)19-7-5-18(6-8-19)21-10-9-20(14-25-21)31-15-17-11-12-26(24(28)29)22(13-17)16(2)3/h5-10,14,16-17,22H,4,11-13,15H2,1-3H3,(H,28,29). The van der Waals surface area contributed by atoms with Crippen molar-refractivity contribution in [2.45, 2.75) is 39.7 Å². The number of carbonyl (C=O) groups excluding carboxylic acids is 1. The molecule has 1 saturated heterocycles. The van der Waals surface area contributed by atoms with Crippen molar-refractivity contribution in [3.63, 3.8) is 0 Å². The van der Waals surface area contributed by atoms with Crippen LogP contribution in [-0.2, 0) is 4.74 Å². The van der Waals surface area contributed by atoms with Crippen molar-refractivity contribution < 1.29 is 24.2 Å². The summed E-state index contributed by atoms with van der Waals surface area (Å²) in [6.45, 7) is 7.34. The zero-order valence-corrected chi connectivity index (χ0v) is 18.3. The van der Waals surface area contributed by atoms with E-state index in [1.165, 1.54) is 0 Å². The lowest BCUT2D eigenvalue weighted by atomic mass is 9.86. The lowest BCUT2D eigenvalue weighted by Crippen LogP contribution is -2.48. The Hall–Kier alpha value is -3.09. The number of aromatic nitrogens is 1. The van der Waals surface area contributed by atoms with E-state index in [2.05, 4.69) is 18.8 Å². The first-order valence-electron chi connectivity index (χ1n) is 10.7. The molecule has 1 aliphatic heterocycles. The summed E-state index contributed by atoms with van der Waals surface area (Å²) in [5, 5.41) is 9.40. The van der Waals surface area contributed by atoms with E-state index in [0.29, 0.717) is 37.0 Å².